The van der Waals surface area contributed by atoms with Crippen LogP contribution in [0.4, 0.5) is 0 Å². The Balaban J connectivity index is 1.39. The maximum atomic E-state index is 12.4. The summed E-state index contributed by atoms with van der Waals surface area (Å²) in [5.41, 5.74) is 10.1. The van der Waals surface area contributed by atoms with E-state index in [-0.39, 0.29) is 11.7 Å². The highest BCUT2D eigenvalue weighted by Crippen LogP contribution is 2.20. The normalized spacial score (nSPS) is 10.8. The van der Waals surface area contributed by atoms with Gasteiger partial charge < -0.3 is 21.2 Å². The van der Waals surface area contributed by atoms with Gasteiger partial charge in [-0.2, -0.15) is 4.73 Å². The van der Waals surface area contributed by atoms with Gasteiger partial charge in [-0.15, -0.1) is 0 Å². The van der Waals surface area contributed by atoms with Gasteiger partial charge in [0.25, 0.3) is 5.91 Å². The Kier molecular flexibility index (Phi) is 5.17. The van der Waals surface area contributed by atoms with Crippen LogP contribution in [0.5, 0.6) is 0 Å². The number of aromatic nitrogens is 2. The van der Waals surface area contributed by atoms with Gasteiger partial charge >= 0.3 is 0 Å². The largest absolute Gasteiger partial charge is 0.618 e. The van der Waals surface area contributed by atoms with Crippen LogP contribution in [0.2, 0.25) is 0 Å². The summed E-state index contributed by atoms with van der Waals surface area (Å²) in [6.45, 7) is 0.477. The number of aromatic amines is 1. The third kappa shape index (κ3) is 3.86. The number of hydrogen-bond donors (Lipinski definition) is 4. The minimum absolute atomic E-state index is 0.0214. The summed E-state index contributed by atoms with van der Waals surface area (Å²) < 4.78 is 0.800. The van der Waals surface area contributed by atoms with Crippen LogP contribution in [0.25, 0.3) is 22.2 Å². The second kappa shape index (κ2) is 8.08. The van der Waals surface area contributed by atoms with Gasteiger partial charge in [-0.05, 0) is 54.4 Å². The predicted molar refractivity (Wildman–Crippen MR) is 116 cm³/mol. The number of nitrogen functional groups attached to an aromatic ring is 1. The van der Waals surface area contributed by atoms with E-state index in [0.29, 0.717) is 29.8 Å². The number of amidine groups is 1. The SMILES string of the molecule is N=C(N)c1c[nH]c2ccc(CCNC(=O)c3ccc(-c4cccc[n+]4[O-])cc3)cc12. The summed E-state index contributed by atoms with van der Waals surface area (Å²) in [4.78, 5) is 15.5. The Morgan fingerprint density at radius 2 is 1.93 bits per heavy atom. The van der Waals surface area contributed by atoms with E-state index in [2.05, 4.69) is 10.3 Å². The van der Waals surface area contributed by atoms with E-state index in [9.17, 15) is 10.0 Å². The zero-order chi connectivity index (χ0) is 21.1. The van der Waals surface area contributed by atoms with Gasteiger partial charge in [-0.25, -0.2) is 0 Å². The lowest BCUT2D eigenvalue weighted by molar-refractivity contribution is -0.593. The molecule has 0 fully saturated rings. The molecule has 2 aromatic heterocycles. The molecule has 7 heteroatoms. The minimum atomic E-state index is -0.170. The van der Waals surface area contributed by atoms with Gasteiger partial charge in [0, 0.05) is 52.5 Å². The number of carbonyl (C=O) groups is 1. The third-order valence-electron chi connectivity index (χ3n) is 5.00. The Labute approximate surface area is 173 Å². The molecule has 7 nitrogen and oxygen atoms in total. The number of amides is 1. The van der Waals surface area contributed by atoms with E-state index >= 15 is 0 Å². The monoisotopic (exact) mass is 399 g/mol. The third-order valence-corrected chi connectivity index (χ3v) is 5.00. The standard InChI is InChI=1S/C23H21N5O2/c24-22(25)19-14-27-20-9-4-15(13-18(19)20)10-11-26-23(29)17-7-5-16(6-8-17)21-3-1-2-12-28(21)30/h1-9,12-14,27H,10-11H2,(H3,24,25)(H,26,29). The average Bonchev–Trinajstić information content (AvgIpc) is 3.18. The second-order valence-electron chi connectivity index (χ2n) is 6.99. The zero-order valence-corrected chi connectivity index (χ0v) is 16.2. The molecule has 4 aromatic rings. The molecule has 30 heavy (non-hydrogen) atoms. The lowest BCUT2D eigenvalue weighted by Gasteiger charge is -2.07. The number of rotatable bonds is 6. The molecule has 2 heterocycles. The summed E-state index contributed by atoms with van der Waals surface area (Å²) in [6, 6.07) is 18.1. The Hall–Kier alpha value is -4.13. The Morgan fingerprint density at radius 3 is 2.67 bits per heavy atom. The van der Waals surface area contributed by atoms with Gasteiger partial charge in [0.2, 0.25) is 5.69 Å². The van der Waals surface area contributed by atoms with Crippen LogP contribution >= 0.6 is 0 Å². The molecule has 0 aliphatic rings. The van der Waals surface area contributed by atoms with Gasteiger partial charge in [-0.3, -0.25) is 10.2 Å². The van der Waals surface area contributed by atoms with Gasteiger partial charge in [0.05, 0.1) is 0 Å². The van der Waals surface area contributed by atoms with Crippen molar-refractivity contribution in [2.24, 2.45) is 5.73 Å². The number of nitrogens with two attached hydrogens (primary N) is 1. The molecule has 0 bridgehead atoms. The Bertz CT molecular complexity index is 1230. The molecule has 0 radical (unpaired) electrons. The summed E-state index contributed by atoms with van der Waals surface area (Å²) >= 11 is 0. The molecule has 2 aromatic carbocycles. The summed E-state index contributed by atoms with van der Waals surface area (Å²) in [5, 5.41) is 23.3. The van der Waals surface area contributed by atoms with Crippen LogP contribution in [-0.2, 0) is 6.42 Å². The molecule has 0 spiro atoms. The topological polar surface area (TPSA) is 122 Å². The summed E-state index contributed by atoms with van der Waals surface area (Å²) in [6.07, 6.45) is 3.83. The van der Waals surface area contributed by atoms with Gasteiger partial charge in [-0.1, -0.05) is 6.07 Å². The molecule has 0 atom stereocenters. The van der Waals surface area contributed by atoms with Gasteiger partial charge in [0.1, 0.15) is 5.84 Å². The molecular formula is C23H21N5O2. The van der Waals surface area contributed by atoms with E-state index in [4.69, 9.17) is 11.1 Å². The highest BCUT2D eigenvalue weighted by molar-refractivity contribution is 6.07. The lowest BCUT2D eigenvalue weighted by Crippen LogP contribution is -2.28. The fourth-order valence-corrected chi connectivity index (χ4v) is 3.41. The second-order valence-corrected chi connectivity index (χ2v) is 6.99. The number of pyridine rings is 1. The number of H-pyrrole nitrogens is 1. The van der Waals surface area contributed by atoms with E-state index in [1.807, 2.05) is 18.2 Å². The molecule has 1 amide bonds. The Morgan fingerprint density at radius 1 is 1.13 bits per heavy atom. The van der Waals surface area contributed by atoms with Crippen molar-refractivity contribution in [3.8, 4) is 11.3 Å². The van der Waals surface area contributed by atoms with Crippen LogP contribution in [0.1, 0.15) is 21.5 Å². The summed E-state index contributed by atoms with van der Waals surface area (Å²) in [7, 11) is 0. The highest BCUT2D eigenvalue weighted by atomic mass is 16.5. The molecular weight excluding hydrogens is 378 g/mol. The lowest BCUT2D eigenvalue weighted by atomic mass is 10.1. The van der Waals surface area contributed by atoms with E-state index in [1.54, 1.807) is 48.7 Å². The fraction of sp³-hybridized carbons (Fsp3) is 0.0870. The van der Waals surface area contributed by atoms with Crippen molar-refractivity contribution in [3.63, 3.8) is 0 Å². The van der Waals surface area contributed by atoms with Crippen LogP contribution < -0.4 is 15.8 Å². The van der Waals surface area contributed by atoms with E-state index in [0.717, 1.165) is 26.8 Å². The molecule has 4 rings (SSSR count). The van der Waals surface area contributed by atoms with Crippen LogP contribution in [0, 0.1) is 10.6 Å². The number of hydrogen-bond acceptors (Lipinski definition) is 3. The predicted octanol–water partition coefficient (Wildman–Crippen LogP) is 2.72. The maximum absolute atomic E-state index is 12.4. The van der Waals surface area contributed by atoms with Crippen molar-refractivity contribution >= 4 is 22.6 Å². The van der Waals surface area contributed by atoms with E-state index in [1.165, 1.54) is 6.20 Å². The number of fused-ring (bicyclic) bond motifs is 1. The summed E-state index contributed by atoms with van der Waals surface area (Å²) in [5.74, 6) is -0.148. The minimum Gasteiger partial charge on any atom is -0.618 e. The first kappa shape index (κ1) is 19.2. The first-order chi connectivity index (χ1) is 14.5. The average molecular weight is 399 g/mol. The van der Waals surface area contributed by atoms with Gasteiger partial charge in [0.15, 0.2) is 6.20 Å². The van der Waals surface area contributed by atoms with Crippen molar-refractivity contribution in [2.45, 2.75) is 6.42 Å². The molecule has 0 saturated heterocycles. The molecule has 0 unspecified atom stereocenters. The number of nitrogens with zero attached hydrogens (tertiary/aromatic N) is 1. The van der Waals surface area contributed by atoms with Crippen molar-refractivity contribution in [1.29, 1.82) is 5.41 Å². The van der Waals surface area contributed by atoms with Crippen molar-refractivity contribution in [3.05, 3.63) is 95.0 Å². The van der Waals surface area contributed by atoms with Crippen molar-refractivity contribution in [2.75, 3.05) is 6.54 Å². The zero-order valence-electron chi connectivity index (χ0n) is 16.2. The quantitative estimate of drug-likeness (QED) is 0.173. The molecule has 5 N–H and O–H groups in total. The smallest absolute Gasteiger partial charge is 0.251 e. The van der Waals surface area contributed by atoms with Crippen LogP contribution in [0.3, 0.4) is 0 Å². The van der Waals surface area contributed by atoms with Crippen molar-refractivity contribution < 1.29 is 9.52 Å². The number of nitrogens with one attached hydrogen (secondary N) is 3. The highest BCUT2D eigenvalue weighted by Gasteiger charge is 2.11. The molecule has 150 valence electrons. The molecule has 0 aliphatic carbocycles. The maximum Gasteiger partial charge on any atom is 0.251 e. The molecule has 0 aliphatic heterocycles. The fourth-order valence-electron chi connectivity index (χ4n) is 3.41. The number of benzene rings is 2. The van der Waals surface area contributed by atoms with Crippen LogP contribution in [-0.4, -0.2) is 23.3 Å². The first-order valence-corrected chi connectivity index (χ1v) is 9.54. The van der Waals surface area contributed by atoms with Crippen molar-refractivity contribution in [1.82, 2.24) is 10.3 Å². The molecule has 0 saturated carbocycles. The van der Waals surface area contributed by atoms with Crippen LogP contribution in [0.15, 0.2) is 73.1 Å². The van der Waals surface area contributed by atoms with E-state index < -0.39 is 0 Å². The first-order valence-electron chi connectivity index (χ1n) is 9.54. The number of carbonyl (C=O) groups excluding carboxylic acids is 1.